The number of aromatic hydroxyl groups is 1. The molecule has 48 valence electrons. The van der Waals surface area contributed by atoms with Gasteiger partial charge in [-0.3, -0.25) is 0 Å². The molecular weight excluding hydrogens is 136 g/mol. The Morgan fingerprint density at radius 1 is 1.67 bits per heavy atom. The molecule has 0 spiro atoms. The highest BCUT2D eigenvalue weighted by Crippen LogP contribution is 2.11. The first-order valence-electron chi connectivity index (χ1n) is 2.48. The third kappa shape index (κ3) is 1.29. The van der Waals surface area contributed by atoms with Crippen LogP contribution < -0.4 is 0 Å². The Morgan fingerprint density at radius 3 is 2.78 bits per heavy atom. The van der Waals surface area contributed by atoms with Gasteiger partial charge in [0.05, 0.1) is 4.51 Å². The van der Waals surface area contributed by atoms with Gasteiger partial charge in [0, 0.05) is 0 Å². The average Bonchev–Trinajstić information content (AvgIpc) is 1.80. The molecule has 0 amide bonds. The summed E-state index contributed by atoms with van der Waals surface area (Å²) >= 11 is 4.73. The second kappa shape index (κ2) is 2.19. The zero-order valence-corrected chi connectivity index (χ0v) is 5.73. The van der Waals surface area contributed by atoms with Crippen molar-refractivity contribution >= 4 is 12.2 Å². The van der Waals surface area contributed by atoms with E-state index in [1.807, 2.05) is 0 Å². The van der Waals surface area contributed by atoms with Crippen LogP contribution in [0.1, 0.15) is 5.76 Å². The highest BCUT2D eigenvalue weighted by atomic mass is 32.1. The molecule has 0 saturated carbocycles. The fourth-order valence-electron chi connectivity index (χ4n) is 0.499. The topological polar surface area (TPSA) is 33.4 Å². The molecule has 0 aliphatic rings. The minimum absolute atomic E-state index is 0.0237. The van der Waals surface area contributed by atoms with Gasteiger partial charge >= 0.3 is 0 Å². The summed E-state index contributed by atoms with van der Waals surface area (Å²) in [4.78, 5) is 0. The van der Waals surface area contributed by atoms with E-state index in [2.05, 4.69) is 0 Å². The number of hydrogen-bond acceptors (Lipinski definition) is 3. The average molecular weight is 142 g/mol. The van der Waals surface area contributed by atoms with Crippen LogP contribution in [0.4, 0.5) is 0 Å². The molecule has 1 heterocycles. The molecule has 1 N–H and O–H groups in total. The van der Waals surface area contributed by atoms with Gasteiger partial charge in [-0.05, 0) is 13.0 Å². The molecule has 1 aromatic rings. The van der Waals surface area contributed by atoms with E-state index in [1.54, 1.807) is 13.0 Å². The summed E-state index contributed by atoms with van der Waals surface area (Å²) < 4.78 is 5.25. The SMILES string of the molecule is Cc1cc(=S)c(O)co1. The van der Waals surface area contributed by atoms with Crippen LogP contribution in [0.3, 0.4) is 0 Å². The Bertz CT molecular complexity index is 264. The number of rotatable bonds is 0. The molecule has 0 bridgehead atoms. The summed E-state index contributed by atoms with van der Waals surface area (Å²) in [6.45, 7) is 1.77. The zero-order valence-electron chi connectivity index (χ0n) is 4.92. The van der Waals surface area contributed by atoms with Crippen molar-refractivity contribution in [3.63, 3.8) is 0 Å². The molecule has 0 aromatic carbocycles. The van der Waals surface area contributed by atoms with Gasteiger partial charge in [0.15, 0.2) is 5.75 Å². The quantitative estimate of drug-likeness (QED) is 0.562. The molecular formula is C6H6O2S. The molecule has 1 aromatic heterocycles. The fourth-order valence-corrected chi connectivity index (χ4v) is 0.713. The van der Waals surface area contributed by atoms with Crippen molar-refractivity contribution in [2.75, 3.05) is 0 Å². The smallest absolute Gasteiger partial charge is 0.169 e. The van der Waals surface area contributed by atoms with Crippen LogP contribution in [0, 0.1) is 11.4 Å². The molecule has 0 unspecified atom stereocenters. The van der Waals surface area contributed by atoms with E-state index in [0.29, 0.717) is 10.3 Å². The van der Waals surface area contributed by atoms with Crippen LogP contribution in [0.25, 0.3) is 0 Å². The summed E-state index contributed by atoms with van der Waals surface area (Å²) in [5.74, 6) is 0.730. The van der Waals surface area contributed by atoms with Crippen LogP contribution >= 0.6 is 12.2 Å². The van der Waals surface area contributed by atoms with E-state index in [-0.39, 0.29) is 5.75 Å². The van der Waals surface area contributed by atoms with Crippen molar-refractivity contribution in [3.8, 4) is 5.75 Å². The molecule has 3 heteroatoms. The summed E-state index contributed by atoms with van der Waals surface area (Å²) in [5, 5.41) is 8.85. The van der Waals surface area contributed by atoms with Crippen LogP contribution in [0.2, 0.25) is 0 Å². The molecule has 0 atom stereocenters. The molecule has 0 aliphatic heterocycles. The second-order valence-corrected chi connectivity index (χ2v) is 2.18. The Kier molecular flexibility index (Phi) is 1.53. The highest BCUT2D eigenvalue weighted by Gasteiger charge is 1.90. The van der Waals surface area contributed by atoms with E-state index in [1.165, 1.54) is 6.26 Å². The van der Waals surface area contributed by atoms with E-state index < -0.39 is 0 Å². The Labute approximate surface area is 57.8 Å². The number of hydrogen-bond donors (Lipinski definition) is 1. The van der Waals surface area contributed by atoms with Crippen LogP contribution in [0.15, 0.2) is 16.7 Å². The Hall–Kier alpha value is -0.830. The third-order valence-corrected chi connectivity index (χ3v) is 1.27. The van der Waals surface area contributed by atoms with Gasteiger partial charge in [-0.25, -0.2) is 0 Å². The number of aryl methyl sites for hydroxylation is 1. The maximum atomic E-state index is 8.85. The maximum Gasteiger partial charge on any atom is 0.169 e. The zero-order chi connectivity index (χ0) is 6.85. The minimum Gasteiger partial charge on any atom is -0.504 e. The van der Waals surface area contributed by atoms with Crippen LogP contribution in [-0.4, -0.2) is 5.11 Å². The highest BCUT2D eigenvalue weighted by molar-refractivity contribution is 7.71. The fraction of sp³-hybridized carbons (Fsp3) is 0.167. The first-order valence-corrected chi connectivity index (χ1v) is 2.89. The van der Waals surface area contributed by atoms with Crippen molar-refractivity contribution < 1.29 is 9.52 Å². The minimum atomic E-state index is 0.0237. The van der Waals surface area contributed by atoms with Crippen molar-refractivity contribution in [2.24, 2.45) is 0 Å². The van der Waals surface area contributed by atoms with Gasteiger partial charge in [0.2, 0.25) is 0 Å². The van der Waals surface area contributed by atoms with Crippen LogP contribution in [-0.2, 0) is 0 Å². The summed E-state index contributed by atoms with van der Waals surface area (Å²) in [5.41, 5.74) is 0. The molecule has 0 aliphatic carbocycles. The molecule has 2 nitrogen and oxygen atoms in total. The molecule has 1 rings (SSSR count). The second-order valence-electron chi connectivity index (χ2n) is 1.74. The lowest BCUT2D eigenvalue weighted by Gasteiger charge is -1.91. The standard InChI is InChI=1S/C6H6O2S/c1-4-2-6(9)5(7)3-8-4/h2-3,7H,1H3. The predicted molar refractivity (Wildman–Crippen MR) is 35.9 cm³/mol. The molecule has 0 fully saturated rings. The van der Waals surface area contributed by atoms with Gasteiger partial charge in [-0.2, -0.15) is 0 Å². The summed E-state index contributed by atoms with van der Waals surface area (Å²) in [6, 6.07) is 1.60. The summed E-state index contributed by atoms with van der Waals surface area (Å²) in [7, 11) is 0. The lowest BCUT2D eigenvalue weighted by atomic mass is 10.4. The summed E-state index contributed by atoms with van der Waals surface area (Å²) in [6.07, 6.45) is 1.23. The van der Waals surface area contributed by atoms with Crippen molar-refractivity contribution in [2.45, 2.75) is 6.92 Å². The molecule has 0 saturated heterocycles. The van der Waals surface area contributed by atoms with Gasteiger partial charge in [0.1, 0.15) is 12.0 Å². The lowest BCUT2D eigenvalue weighted by molar-refractivity contribution is 0.423. The van der Waals surface area contributed by atoms with Gasteiger partial charge < -0.3 is 9.52 Å². The van der Waals surface area contributed by atoms with E-state index in [4.69, 9.17) is 21.7 Å². The molecule has 9 heavy (non-hydrogen) atoms. The monoisotopic (exact) mass is 142 g/mol. The van der Waals surface area contributed by atoms with E-state index >= 15 is 0 Å². The Balaban J connectivity index is 3.34. The first-order chi connectivity index (χ1) is 4.20. The van der Waals surface area contributed by atoms with Gasteiger partial charge in [-0.15, -0.1) is 0 Å². The normalized spacial score (nSPS) is 9.44. The van der Waals surface area contributed by atoms with Crippen molar-refractivity contribution in [3.05, 3.63) is 22.6 Å². The molecule has 0 radical (unpaired) electrons. The first kappa shape index (κ1) is 6.29. The van der Waals surface area contributed by atoms with Gasteiger partial charge in [-0.1, -0.05) is 12.2 Å². The predicted octanol–water partition coefficient (Wildman–Crippen LogP) is 2.02. The van der Waals surface area contributed by atoms with Crippen molar-refractivity contribution in [1.82, 2.24) is 0 Å². The maximum absolute atomic E-state index is 8.85. The largest absolute Gasteiger partial charge is 0.504 e. The Morgan fingerprint density at radius 2 is 2.33 bits per heavy atom. The van der Waals surface area contributed by atoms with Gasteiger partial charge in [0.25, 0.3) is 0 Å². The lowest BCUT2D eigenvalue weighted by Crippen LogP contribution is -1.70. The van der Waals surface area contributed by atoms with E-state index in [0.717, 1.165) is 0 Å². The van der Waals surface area contributed by atoms with Crippen LogP contribution in [0.5, 0.6) is 5.75 Å². The van der Waals surface area contributed by atoms with E-state index in [9.17, 15) is 0 Å². The third-order valence-electron chi connectivity index (χ3n) is 0.943. The van der Waals surface area contributed by atoms with Crippen molar-refractivity contribution in [1.29, 1.82) is 0 Å².